The van der Waals surface area contributed by atoms with E-state index in [1.807, 2.05) is 20.8 Å². The van der Waals surface area contributed by atoms with Crippen LogP contribution >= 0.6 is 11.6 Å². The minimum absolute atomic E-state index is 0.129. The summed E-state index contributed by atoms with van der Waals surface area (Å²) in [6, 6.07) is 3.93. The Kier molecular flexibility index (Phi) is 8.14. The quantitative estimate of drug-likeness (QED) is 0.515. The van der Waals surface area contributed by atoms with E-state index in [-0.39, 0.29) is 30.7 Å². The molecule has 2 aliphatic rings. The zero-order chi connectivity index (χ0) is 25.0. The maximum Gasteiger partial charge on any atom is 0.407 e. The molecule has 2 aliphatic heterocycles. The molecule has 1 saturated heterocycles. The lowest BCUT2D eigenvalue weighted by Crippen LogP contribution is -2.58. The second-order valence-electron chi connectivity index (χ2n) is 9.34. The molecule has 11 heteroatoms. The van der Waals surface area contributed by atoms with Gasteiger partial charge in [0.05, 0.1) is 6.61 Å². The Bertz CT molecular complexity index is 952. The molecular formula is C23H33ClFN5O4. The average Bonchev–Trinajstić information content (AvgIpc) is 3.05. The van der Waals surface area contributed by atoms with Gasteiger partial charge in [-0.25, -0.2) is 14.0 Å². The molecule has 0 saturated carbocycles. The molecule has 34 heavy (non-hydrogen) atoms. The van der Waals surface area contributed by atoms with Crippen LogP contribution in [0.25, 0.3) is 0 Å². The maximum absolute atomic E-state index is 13.9. The predicted octanol–water partition coefficient (Wildman–Crippen LogP) is 2.85. The summed E-state index contributed by atoms with van der Waals surface area (Å²) < 4.78 is 24.5. The van der Waals surface area contributed by atoms with E-state index in [1.165, 1.54) is 18.2 Å². The monoisotopic (exact) mass is 497 g/mol. The number of hydrogen-bond donors (Lipinski definition) is 3. The number of rotatable bonds is 6. The number of benzene rings is 1. The van der Waals surface area contributed by atoms with Crippen molar-refractivity contribution in [3.05, 3.63) is 46.1 Å². The van der Waals surface area contributed by atoms with Gasteiger partial charge in [-0.15, -0.1) is 0 Å². The van der Waals surface area contributed by atoms with Gasteiger partial charge in [-0.3, -0.25) is 4.90 Å². The SMILES string of the molecule is CCOC(=O)C1=C(N)NC(N2CCC[C@@H](NC(=O)OC(C)(C)C)C2)N1Cc1cc(F)ccc1Cl. The van der Waals surface area contributed by atoms with Crippen molar-refractivity contribution in [1.82, 2.24) is 20.4 Å². The summed E-state index contributed by atoms with van der Waals surface area (Å²) >= 11 is 6.31. The van der Waals surface area contributed by atoms with Crippen LogP contribution in [0.5, 0.6) is 0 Å². The molecule has 0 bridgehead atoms. The summed E-state index contributed by atoms with van der Waals surface area (Å²) in [6.45, 7) is 8.63. The molecule has 2 heterocycles. The van der Waals surface area contributed by atoms with Gasteiger partial charge in [0.15, 0.2) is 12.0 Å². The number of amides is 1. The molecular weight excluding hydrogens is 465 g/mol. The van der Waals surface area contributed by atoms with E-state index in [1.54, 1.807) is 11.8 Å². The van der Waals surface area contributed by atoms with E-state index >= 15 is 0 Å². The van der Waals surface area contributed by atoms with Crippen LogP contribution in [-0.2, 0) is 20.8 Å². The van der Waals surface area contributed by atoms with Crippen molar-refractivity contribution in [2.75, 3.05) is 19.7 Å². The van der Waals surface area contributed by atoms with Crippen molar-refractivity contribution >= 4 is 23.7 Å². The fourth-order valence-corrected chi connectivity index (χ4v) is 4.29. The summed E-state index contributed by atoms with van der Waals surface area (Å²) in [6.07, 6.45) is 0.599. The molecule has 1 aromatic carbocycles. The second-order valence-corrected chi connectivity index (χ2v) is 9.75. The highest BCUT2D eigenvalue weighted by Gasteiger charge is 2.40. The van der Waals surface area contributed by atoms with Gasteiger partial charge in [0.1, 0.15) is 17.2 Å². The van der Waals surface area contributed by atoms with E-state index in [4.69, 9.17) is 26.8 Å². The van der Waals surface area contributed by atoms with Crippen LogP contribution < -0.4 is 16.4 Å². The number of alkyl carbamates (subject to hydrolysis) is 1. The van der Waals surface area contributed by atoms with Gasteiger partial charge in [-0.2, -0.15) is 0 Å². The van der Waals surface area contributed by atoms with E-state index in [2.05, 4.69) is 15.5 Å². The molecule has 1 aromatic rings. The molecule has 3 rings (SSSR count). The largest absolute Gasteiger partial charge is 0.461 e. The van der Waals surface area contributed by atoms with Crippen LogP contribution in [-0.4, -0.2) is 59.5 Å². The van der Waals surface area contributed by atoms with Crippen LogP contribution in [0.15, 0.2) is 29.7 Å². The van der Waals surface area contributed by atoms with E-state index in [9.17, 15) is 14.0 Å². The molecule has 1 unspecified atom stereocenters. The van der Waals surface area contributed by atoms with Gasteiger partial charge in [0.25, 0.3) is 0 Å². The van der Waals surface area contributed by atoms with Gasteiger partial charge in [0.2, 0.25) is 0 Å². The van der Waals surface area contributed by atoms with Crippen molar-refractivity contribution in [2.24, 2.45) is 5.73 Å². The predicted molar refractivity (Wildman–Crippen MR) is 126 cm³/mol. The third-order valence-corrected chi connectivity index (χ3v) is 5.83. The molecule has 0 aliphatic carbocycles. The third kappa shape index (κ3) is 6.44. The molecule has 9 nitrogen and oxygen atoms in total. The number of ether oxygens (including phenoxy) is 2. The summed E-state index contributed by atoms with van der Waals surface area (Å²) in [5, 5.41) is 6.45. The maximum atomic E-state index is 13.9. The Morgan fingerprint density at radius 3 is 2.76 bits per heavy atom. The number of nitrogens with one attached hydrogen (secondary N) is 2. The van der Waals surface area contributed by atoms with E-state index in [0.717, 1.165) is 12.8 Å². The van der Waals surface area contributed by atoms with Crippen molar-refractivity contribution in [3.63, 3.8) is 0 Å². The van der Waals surface area contributed by atoms with Crippen molar-refractivity contribution in [1.29, 1.82) is 0 Å². The molecule has 188 valence electrons. The van der Waals surface area contributed by atoms with Crippen molar-refractivity contribution in [3.8, 4) is 0 Å². The highest BCUT2D eigenvalue weighted by atomic mass is 35.5. The summed E-state index contributed by atoms with van der Waals surface area (Å²) in [5.41, 5.74) is 6.28. The number of halogens is 2. The number of carbonyl (C=O) groups excluding carboxylic acids is 2. The number of carbonyl (C=O) groups is 2. The minimum Gasteiger partial charge on any atom is -0.461 e. The van der Waals surface area contributed by atoms with Crippen LogP contribution in [0.3, 0.4) is 0 Å². The average molecular weight is 498 g/mol. The van der Waals surface area contributed by atoms with Gasteiger partial charge in [-0.1, -0.05) is 11.6 Å². The Hall–Kier alpha value is -2.72. The first-order valence-electron chi connectivity index (χ1n) is 11.4. The summed E-state index contributed by atoms with van der Waals surface area (Å²) in [4.78, 5) is 28.8. The molecule has 0 spiro atoms. The molecule has 1 amide bonds. The van der Waals surface area contributed by atoms with E-state index in [0.29, 0.717) is 23.7 Å². The molecule has 4 N–H and O–H groups in total. The fraction of sp³-hybridized carbons (Fsp3) is 0.565. The molecule has 2 atom stereocenters. The van der Waals surface area contributed by atoms with Crippen LogP contribution in [0.2, 0.25) is 5.02 Å². The summed E-state index contributed by atoms with van der Waals surface area (Å²) in [5.74, 6) is -0.849. The normalized spacial score (nSPS) is 21.3. The van der Waals surface area contributed by atoms with Crippen molar-refractivity contribution < 1.29 is 23.5 Å². The lowest BCUT2D eigenvalue weighted by atomic mass is 10.1. The van der Waals surface area contributed by atoms with Crippen LogP contribution in [0.4, 0.5) is 9.18 Å². The smallest absolute Gasteiger partial charge is 0.407 e. The molecule has 1 fully saturated rings. The van der Waals surface area contributed by atoms with Gasteiger partial charge in [0, 0.05) is 30.7 Å². The van der Waals surface area contributed by atoms with Crippen molar-refractivity contribution in [2.45, 2.75) is 65.0 Å². The lowest BCUT2D eigenvalue weighted by Gasteiger charge is -2.41. The third-order valence-electron chi connectivity index (χ3n) is 5.46. The van der Waals surface area contributed by atoms with Crippen LogP contribution in [0.1, 0.15) is 46.1 Å². The molecule has 0 aromatic heterocycles. The Balaban J connectivity index is 1.81. The van der Waals surface area contributed by atoms with Gasteiger partial charge in [-0.05, 0) is 64.3 Å². The standard InChI is InChI=1S/C23H33ClFN5O4/c1-5-33-20(31)18-19(26)28-21(30(18)12-14-11-15(25)8-9-17(14)24)29-10-6-7-16(13-29)27-22(32)34-23(2,3)4/h8-9,11,16,21,28H,5-7,10,12-13,26H2,1-4H3,(H,27,32)/t16-,21?/m1/s1. The topological polar surface area (TPSA) is 109 Å². The highest BCUT2D eigenvalue weighted by Crippen LogP contribution is 2.29. The minimum atomic E-state index is -0.598. The summed E-state index contributed by atoms with van der Waals surface area (Å²) in [7, 11) is 0. The Morgan fingerprint density at radius 2 is 2.09 bits per heavy atom. The number of likely N-dealkylation sites (tertiary alicyclic amines) is 1. The van der Waals surface area contributed by atoms with Gasteiger partial charge < -0.3 is 30.7 Å². The number of nitrogens with zero attached hydrogens (tertiary/aromatic N) is 2. The van der Waals surface area contributed by atoms with E-state index < -0.39 is 29.8 Å². The van der Waals surface area contributed by atoms with Gasteiger partial charge >= 0.3 is 12.1 Å². The Morgan fingerprint density at radius 1 is 1.35 bits per heavy atom. The highest BCUT2D eigenvalue weighted by molar-refractivity contribution is 6.31. The first kappa shape index (κ1) is 25.9. The zero-order valence-electron chi connectivity index (χ0n) is 20.0. The number of piperidine rings is 1. The molecule has 0 radical (unpaired) electrons. The second kappa shape index (κ2) is 10.7. The van der Waals surface area contributed by atoms with Crippen LogP contribution in [0, 0.1) is 5.82 Å². The number of hydrogen-bond acceptors (Lipinski definition) is 8. The Labute approximate surface area is 204 Å². The lowest BCUT2D eigenvalue weighted by molar-refractivity contribution is -0.141. The fourth-order valence-electron chi connectivity index (χ4n) is 4.11. The number of nitrogens with two attached hydrogens (primary N) is 1. The zero-order valence-corrected chi connectivity index (χ0v) is 20.7. The first-order chi connectivity index (χ1) is 16.0. The first-order valence-corrected chi connectivity index (χ1v) is 11.7. The number of esters is 1.